The van der Waals surface area contributed by atoms with Crippen LogP contribution in [-0.4, -0.2) is 25.7 Å². The molecule has 0 saturated heterocycles. The normalized spacial score (nSPS) is 10.8. The number of hydrogen-bond donors (Lipinski definition) is 1. The largest absolute Gasteiger partial charge is 0.296 e. The van der Waals surface area contributed by atoms with Crippen LogP contribution >= 0.6 is 34.6 Å². The fraction of sp³-hybridized carbons (Fsp3) is 0.267. The average molecular weight is 378 g/mol. The van der Waals surface area contributed by atoms with Crippen LogP contribution in [0.1, 0.15) is 32.1 Å². The molecule has 6 nitrogen and oxygen atoms in total. The Morgan fingerprint density at radius 2 is 2.04 bits per heavy atom. The Kier molecular flexibility index (Phi) is 5.22. The standard InChI is InChI=1S/C15H15N5OS3/c1-8-4-5-9(2)11(6-8)7-22-15-19-18-14(23-15)16-13(21)12-10(3)17-20-24-12/h4-6H,7H2,1-3H3,(H,16,18,21). The highest BCUT2D eigenvalue weighted by Crippen LogP contribution is 2.29. The van der Waals surface area contributed by atoms with Crippen LogP contribution in [0.5, 0.6) is 0 Å². The lowest BCUT2D eigenvalue weighted by Gasteiger charge is -2.05. The van der Waals surface area contributed by atoms with Gasteiger partial charge in [0.15, 0.2) is 4.34 Å². The van der Waals surface area contributed by atoms with E-state index < -0.39 is 0 Å². The molecule has 0 aliphatic carbocycles. The van der Waals surface area contributed by atoms with Gasteiger partial charge in [-0.05, 0) is 43.4 Å². The van der Waals surface area contributed by atoms with Gasteiger partial charge in [-0.15, -0.1) is 15.3 Å². The Hall–Kier alpha value is -1.84. The van der Waals surface area contributed by atoms with Gasteiger partial charge in [0.25, 0.3) is 5.91 Å². The second-order valence-corrected chi connectivity index (χ2v) is 8.19. The maximum absolute atomic E-state index is 12.1. The first-order chi connectivity index (χ1) is 11.5. The molecule has 0 fully saturated rings. The highest BCUT2D eigenvalue weighted by Gasteiger charge is 2.15. The quantitative estimate of drug-likeness (QED) is 0.537. The number of rotatable bonds is 5. The molecular formula is C15H15N5OS3. The highest BCUT2D eigenvalue weighted by molar-refractivity contribution is 8.00. The van der Waals surface area contributed by atoms with Gasteiger partial charge in [0.05, 0.1) is 5.69 Å². The summed E-state index contributed by atoms with van der Waals surface area (Å²) >= 11 is 4.05. The third-order valence-corrected chi connectivity index (χ3v) is 6.19. The van der Waals surface area contributed by atoms with E-state index >= 15 is 0 Å². The zero-order valence-corrected chi connectivity index (χ0v) is 15.8. The second-order valence-electron chi connectivity index (χ2n) is 5.23. The van der Waals surface area contributed by atoms with E-state index in [1.54, 1.807) is 18.7 Å². The Balaban J connectivity index is 1.62. The van der Waals surface area contributed by atoms with Crippen molar-refractivity contribution in [1.82, 2.24) is 19.8 Å². The molecule has 9 heteroatoms. The minimum atomic E-state index is -0.246. The molecule has 0 aliphatic rings. The highest BCUT2D eigenvalue weighted by atomic mass is 32.2. The van der Waals surface area contributed by atoms with Crippen molar-refractivity contribution >= 4 is 45.7 Å². The molecule has 0 radical (unpaired) electrons. The van der Waals surface area contributed by atoms with Crippen molar-refractivity contribution in [2.45, 2.75) is 30.9 Å². The maximum atomic E-state index is 12.1. The number of amides is 1. The van der Waals surface area contributed by atoms with Gasteiger partial charge in [0, 0.05) is 5.75 Å². The Morgan fingerprint density at radius 1 is 1.21 bits per heavy atom. The van der Waals surface area contributed by atoms with Crippen LogP contribution in [0.15, 0.2) is 22.5 Å². The molecule has 124 valence electrons. The average Bonchev–Trinajstić information content (AvgIpc) is 3.17. The zero-order chi connectivity index (χ0) is 17.1. The Bertz CT molecular complexity index is 874. The molecule has 0 saturated carbocycles. The molecule has 0 atom stereocenters. The lowest BCUT2D eigenvalue weighted by molar-refractivity contribution is 0.102. The molecule has 1 amide bonds. The minimum Gasteiger partial charge on any atom is -0.296 e. The van der Waals surface area contributed by atoms with Gasteiger partial charge >= 0.3 is 0 Å². The van der Waals surface area contributed by atoms with Crippen molar-refractivity contribution < 1.29 is 4.79 Å². The zero-order valence-electron chi connectivity index (χ0n) is 13.4. The van der Waals surface area contributed by atoms with Crippen LogP contribution in [0.2, 0.25) is 0 Å². The molecule has 0 unspecified atom stereocenters. The summed E-state index contributed by atoms with van der Waals surface area (Å²) in [6, 6.07) is 6.42. The summed E-state index contributed by atoms with van der Waals surface area (Å²) in [5.41, 5.74) is 4.41. The Labute approximate surface area is 151 Å². The molecule has 0 bridgehead atoms. The molecule has 0 spiro atoms. The van der Waals surface area contributed by atoms with Gasteiger partial charge in [0.2, 0.25) is 5.13 Å². The van der Waals surface area contributed by atoms with E-state index in [0.29, 0.717) is 15.7 Å². The number of thioether (sulfide) groups is 1. The van der Waals surface area contributed by atoms with Crippen LogP contribution in [-0.2, 0) is 5.75 Å². The van der Waals surface area contributed by atoms with Crippen molar-refractivity contribution in [3.05, 3.63) is 45.5 Å². The third kappa shape index (κ3) is 3.97. The summed E-state index contributed by atoms with van der Waals surface area (Å²) in [4.78, 5) is 12.6. The van der Waals surface area contributed by atoms with Crippen molar-refractivity contribution in [2.75, 3.05) is 5.32 Å². The molecule has 3 aromatic rings. The lowest BCUT2D eigenvalue weighted by atomic mass is 10.1. The summed E-state index contributed by atoms with van der Waals surface area (Å²) in [6.07, 6.45) is 0. The minimum absolute atomic E-state index is 0.246. The van der Waals surface area contributed by atoms with E-state index in [9.17, 15) is 4.79 Å². The van der Waals surface area contributed by atoms with Gasteiger partial charge in [-0.3, -0.25) is 10.1 Å². The number of aryl methyl sites for hydroxylation is 3. The van der Waals surface area contributed by atoms with Gasteiger partial charge < -0.3 is 0 Å². The van der Waals surface area contributed by atoms with Crippen molar-refractivity contribution in [3.63, 3.8) is 0 Å². The summed E-state index contributed by atoms with van der Waals surface area (Å²) in [5.74, 6) is 0.582. The van der Waals surface area contributed by atoms with Crippen molar-refractivity contribution in [3.8, 4) is 0 Å². The number of hydrogen-bond acceptors (Lipinski definition) is 8. The van der Waals surface area contributed by atoms with Crippen molar-refractivity contribution in [1.29, 1.82) is 0 Å². The number of aromatic nitrogens is 4. The number of nitrogens with one attached hydrogen (secondary N) is 1. The van der Waals surface area contributed by atoms with Crippen LogP contribution in [0.4, 0.5) is 5.13 Å². The van der Waals surface area contributed by atoms with Crippen LogP contribution < -0.4 is 5.32 Å². The molecule has 24 heavy (non-hydrogen) atoms. The fourth-order valence-electron chi connectivity index (χ4n) is 2.01. The van der Waals surface area contributed by atoms with Gasteiger partial charge in [-0.1, -0.05) is 51.3 Å². The van der Waals surface area contributed by atoms with Gasteiger partial charge in [-0.2, -0.15) is 0 Å². The van der Waals surface area contributed by atoms with E-state index in [1.807, 2.05) is 0 Å². The number of carbonyl (C=O) groups excluding carboxylic acids is 1. The van der Waals surface area contributed by atoms with E-state index in [2.05, 4.69) is 57.1 Å². The predicted octanol–water partition coefficient (Wildman–Crippen LogP) is 3.86. The van der Waals surface area contributed by atoms with Crippen LogP contribution in [0, 0.1) is 20.8 Å². The third-order valence-electron chi connectivity index (χ3n) is 3.34. The first-order valence-corrected chi connectivity index (χ1v) is 9.73. The van der Waals surface area contributed by atoms with Crippen LogP contribution in [0.3, 0.4) is 0 Å². The predicted molar refractivity (Wildman–Crippen MR) is 98.0 cm³/mol. The van der Waals surface area contributed by atoms with E-state index in [-0.39, 0.29) is 5.91 Å². The maximum Gasteiger partial charge on any atom is 0.271 e. The molecule has 2 aromatic heterocycles. The Morgan fingerprint density at radius 3 is 2.79 bits per heavy atom. The summed E-state index contributed by atoms with van der Waals surface area (Å²) in [7, 11) is 0. The second kappa shape index (κ2) is 7.37. The summed E-state index contributed by atoms with van der Waals surface area (Å²) in [5, 5.41) is 15.2. The SMILES string of the molecule is Cc1ccc(C)c(CSc2nnc(NC(=O)c3snnc3C)s2)c1. The van der Waals surface area contributed by atoms with Crippen molar-refractivity contribution in [2.24, 2.45) is 0 Å². The van der Waals surface area contributed by atoms with E-state index in [4.69, 9.17) is 0 Å². The molecule has 0 aliphatic heterocycles. The molecule has 3 rings (SSSR count). The van der Waals surface area contributed by atoms with Crippen LogP contribution in [0.25, 0.3) is 0 Å². The first kappa shape index (κ1) is 17.0. The smallest absolute Gasteiger partial charge is 0.271 e. The number of anilines is 1. The summed E-state index contributed by atoms with van der Waals surface area (Å²) < 4.78 is 4.59. The molecule has 1 N–H and O–H groups in total. The molecule has 2 heterocycles. The van der Waals surface area contributed by atoms with Gasteiger partial charge in [0.1, 0.15) is 4.88 Å². The fourth-order valence-corrected chi connectivity index (χ4v) is 4.37. The molecular weight excluding hydrogens is 362 g/mol. The topological polar surface area (TPSA) is 80.7 Å². The molecule has 1 aromatic carbocycles. The lowest BCUT2D eigenvalue weighted by Crippen LogP contribution is -2.11. The summed E-state index contributed by atoms with van der Waals surface area (Å²) in [6.45, 7) is 5.94. The number of carbonyl (C=O) groups is 1. The van der Waals surface area contributed by atoms with E-state index in [1.165, 1.54) is 28.0 Å². The number of nitrogens with zero attached hydrogens (tertiary/aromatic N) is 4. The first-order valence-electron chi connectivity index (χ1n) is 7.15. The monoisotopic (exact) mass is 377 g/mol. The van der Waals surface area contributed by atoms with E-state index in [0.717, 1.165) is 21.6 Å². The number of benzene rings is 1. The van der Waals surface area contributed by atoms with Gasteiger partial charge in [-0.25, -0.2) is 0 Å².